The van der Waals surface area contributed by atoms with Crippen molar-refractivity contribution < 1.29 is 22.1 Å². The summed E-state index contributed by atoms with van der Waals surface area (Å²) in [6.45, 7) is 8.22. The molecule has 6 atom stereocenters. The Labute approximate surface area is 167 Å². The number of piperidine rings is 2. The molecule has 0 aromatic heterocycles. The SMILES string of the molecule is CCOC(=O)C1(C)CC2(C)C3Cc4ccccc4C2(C)C(OS(C)(=O)=O)C1N3. The van der Waals surface area contributed by atoms with Crippen molar-refractivity contribution in [3.05, 3.63) is 35.4 Å². The molecule has 0 amide bonds. The third-order valence-corrected chi connectivity index (χ3v) is 8.21. The highest BCUT2D eigenvalue weighted by Crippen LogP contribution is 2.66. The fraction of sp³-hybridized carbons (Fsp3) is 0.667. The molecule has 0 radical (unpaired) electrons. The molecule has 28 heavy (non-hydrogen) atoms. The van der Waals surface area contributed by atoms with Crippen LogP contribution in [0.3, 0.4) is 0 Å². The van der Waals surface area contributed by atoms with Gasteiger partial charge in [-0.1, -0.05) is 38.1 Å². The van der Waals surface area contributed by atoms with Gasteiger partial charge in [-0.3, -0.25) is 8.98 Å². The van der Waals surface area contributed by atoms with Crippen LogP contribution in [0.1, 0.15) is 45.2 Å². The summed E-state index contributed by atoms with van der Waals surface area (Å²) in [7, 11) is -3.73. The molecule has 1 saturated carbocycles. The van der Waals surface area contributed by atoms with Crippen LogP contribution in [-0.4, -0.2) is 45.4 Å². The van der Waals surface area contributed by atoms with Gasteiger partial charge in [0, 0.05) is 11.5 Å². The van der Waals surface area contributed by atoms with Crippen LogP contribution in [-0.2, 0) is 35.7 Å². The Bertz CT molecular complexity index is 930. The molecule has 4 bridgehead atoms. The van der Waals surface area contributed by atoms with Crippen molar-refractivity contribution in [1.29, 1.82) is 0 Å². The molecule has 1 aromatic rings. The second-order valence-electron chi connectivity index (χ2n) is 9.21. The Balaban J connectivity index is 1.93. The Hall–Kier alpha value is -1.44. The first-order valence-corrected chi connectivity index (χ1v) is 11.7. The van der Waals surface area contributed by atoms with Crippen molar-refractivity contribution in [1.82, 2.24) is 5.32 Å². The van der Waals surface area contributed by atoms with Gasteiger partial charge in [-0.05, 0) is 43.2 Å². The van der Waals surface area contributed by atoms with E-state index >= 15 is 0 Å². The van der Waals surface area contributed by atoms with Crippen LogP contribution in [0.4, 0.5) is 0 Å². The van der Waals surface area contributed by atoms with E-state index in [1.165, 1.54) is 5.56 Å². The predicted octanol–water partition coefficient (Wildman–Crippen LogP) is 2.17. The molecule has 0 spiro atoms. The van der Waals surface area contributed by atoms with E-state index < -0.39 is 33.1 Å². The molecule has 1 aromatic carbocycles. The number of esters is 1. The third-order valence-electron chi connectivity index (χ3n) is 7.65. The van der Waals surface area contributed by atoms with Gasteiger partial charge in [0.15, 0.2) is 0 Å². The molecule has 5 rings (SSSR count). The summed E-state index contributed by atoms with van der Waals surface area (Å²) in [5.74, 6) is -0.296. The molecule has 2 aliphatic heterocycles. The zero-order valence-electron chi connectivity index (χ0n) is 17.1. The fourth-order valence-electron chi connectivity index (χ4n) is 6.21. The highest BCUT2D eigenvalue weighted by atomic mass is 32.2. The molecule has 154 valence electrons. The van der Waals surface area contributed by atoms with E-state index in [0.717, 1.165) is 18.2 Å². The smallest absolute Gasteiger partial charge is 0.313 e. The Morgan fingerprint density at radius 1 is 1.25 bits per heavy atom. The van der Waals surface area contributed by atoms with Crippen molar-refractivity contribution in [2.75, 3.05) is 12.9 Å². The van der Waals surface area contributed by atoms with Crippen molar-refractivity contribution in [3.8, 4) is 0 Å². The molecule has 7 heteroatoms. The van der Waals surface area contributed by atoms with E-state index in [0.29, 0.717) is 13.0 Å². The number of carbonyl (C=O) groups is 1. The quantitative estimate of drug-likeness (QED) is 0.609. The Morgan fingerprint density at radius 3 is 2.57 bits per heavy atom. The number of rotatable bonds is 4. The van der Waals surface area contributed by atoms with Gasteiger partial charge in [-0.2, -0.15) is 8.42 Å². The Kier molecular flexibility index (Phi) is 4.28. The maximum Gasteiger partial charge on any atom is 0.313 e. The number of ether oxygens (including phenoxy) is 1. The molecular formula is C21H29NO5S. The summed E-state index contributed by atoms with van der Waals surface area (Å²) in [6.07, 6.45) is 1.85. The normalized spacial score (nSPS) is 41.4. The molecule has 4 aliphatic rings. The molecule has 2 aliphatic carbocycles. The number of benzene rings is 1. The van der Waals surface area contributed by atoms with Crippen LogP contribution in [0.2, 0.25) is 0 Å². The number of carbonyl (C=O) groups excluding carboxylic acids is 1. The van der Waals surface area contributed by atoms with E-state index in [9.17, 15) is 13.2 Å². The van der Waals surface area contributed by atoms with Gasteiger partial charge in [0.05, 0.1) is 24.3 Å². The van der Waals surface area contributed by atoms with Crippen LogP contribution < -0.4 is 5.32 Å². The number of fused-ring (bicyclic) bond motifs is 2. The highest BCUT2D eigenvalue weighted by Gasteiger charge is 2.73. The third kappa shape index (κ3) is 2.45. The van der Waals surface area contributed by atoms with Gasteiger partial charge in [0.1, 0.15) is 6.10 Å². The highest BCUT2D eigenvalue weighted by molar-refractivity contribution is 7.86. The topological polar surface area (TPSA) is 81.7 Å². The Morgan fingerprint density at radius 2 is 1.93 bits per heavy atom. The van der Waals surface area contributed by atoms with Gasteiger partial charge >= 0.3 is 5.97 Å². The van der Waals surface area contributed by atoms with Crippen LogP contribution >= 0.6 is 0 Å². The van der Waals surface area contributed by atoms with Gasteiger partial charge in [-0.15, -0.1) is 0 Å². The first-order chi connectivity index (χ1) is 13.0. The summed E-state index contributed by atoms with van der Waals surface area (Å²) < 4.78 is 35.6. The molecular weight excluding hydrogens is 378 g/mol. The van der Waals surface area contributed by atoms with E-state index in [1.807, 2.05) is 19.1 Å². The van der Waals surface area contributed by atoms with E-state index in [-0.39, 0.29) is 17.4 Å². The molecule has 6 nitrogen and oxygen atoms in total. The first-order valence-electron chi connectivity index (χ1n) is 9.87. The minimum atomic E-state index is -3.73. The summed E-state index contributed by atoms with van der Waals surface area (Å²) in [5.41, 5.74) is 0.562. The van der Waals surface area contributed by atoms with E-state index in [4.69, 9.17) is 8.92 Å². The summed E-state index contributed by atoms with van der Waals surface area (Å²) in [4.78, 5) is 13.0. The second-order valence-corrected chi connectivity index (χ2v) is 10.8. The minimum Gasteiger partial charge on any atom is -0.466 e. The van der Waals surface area contributed by atoms with Gasteiger partial charge in [0.25, 0.3) is 10.1 Å². The lowest BCUT2D eigenvalue weighted by atomic mass is 9.39. The van der Waals surface area contributed by atoms with Crippen molar-refractivity contribution in [2.45, 2.75) is 64.1 Å². The summed E-state index contributed by atoms with van der Waals surface area (Å²) in [6, 6.07) is 7.87. The van der Waals surface area contributed by atoms with Crippen LogP contribution in [0.25, 0.3) is 0 Å². The monoisotopic (exact) mass is 407 g/mol. The maximum absolute atomic E-state index is 13.0. The van der Waals surface area contributed by atoms with E-state index in [2.05, 4.69) is 31.3 Å². The molecule has 2 saturated heterocycles. The number of hydrogen-bond donors (Lipinski definition) is 1. The lowest BCUT2D eigenvalue weighted by molar-refractivity contribution is -0.198. The molecule has 1 N–H and O–H groups in total. The van der Waals surface area contributed by atoms with Crippen LogP contribution in [0, 0.1) is 10.8 Å². The van der Waals surface area contributed by atoms with E-state index in [1.54, 1.807) is 6.92 Å². The van der Waals surface area contributed by atoms with Gasteiger partial charge < -0.3 is 10.1 Å². The largest absolute Gasteiger partial charge is 0.466 e. The maximum atomic E-state index is 13.0. The predicted molar refractivity (Wildman–Crippen MR) is 105 cm³/mol. The van der Waals surface area contributed by atoms with Crippen LogP contribution in [0.15, 0.2) is 24.3 Å². The molecule has 6 unspecified atom stereocenters. The van der Waals surface area contributed by atoms with Crippen LogP contribution in [0.5, 0.6) is 0 Å². The van der Waals surface area contributed by atoms with Gasteiger partial charge in [-0.25, -0.2) is 0 Å². The standard InChI is InChI=1S/C21H29NO5S/c1-6-26-18(23)19(2)12-20(3)15-11-13-9-7-8-10-14(13)21(20,4)17(16(19)22-15)27-28(5,24)25/h7-10,15-17,22H,6,11-12H2,1-5H3. The molecule has 2 heterocycles. The summed E-state index contributed by atoms with van der Waals surface area (Å²) in [5, 5.41) is 3.60. The fourth-order valence-corrected chi connectivity index (χ4v) is 6.89. The lowest BCUT2D eigenvalue weighted by Crippen LogP contribution is -2.82. The lowest BCUT2D eigenvalue weighted by Gasteiger charge is -2.71. The zero-order valence-corrected chi connectivity index (χ0v) is 17.9. The molecule has 3 fully saturated rings. The first kappa shape index (κ1) is 19.9. The average Bonchev–Trinajstić information content (AvgIpc) is 2.59. The second kappa shape index (κ2) is 6.03. The van der Waals surface area contributed by atoms with Gasteiger partial charge in [0.2, 0.25) is 0 Å². The summed E-state index contributed by atoms with van der Waals surface area (Å²) >= 11 is 0. The van der Waals surface area contributed by atoms with Crippen molar-refractivity contribution in [3.63, 3.8) is 0 Å². The van der Waals surface area contributed by atoms with Crippen molar-refractivity contribution >= 4 is 16.1 Å². The zero-order chi connectivity index (χ0) is 20.5. The number of nitrogens with one attached hydrogen (secondary N) is 1. The minimum absolute atomic E-state index is 0.138. The van der Waals surface area contributed by atoms with Crippen molar-refractivity contribution in [2.24, 2.45) is 10.8 Å². The number of hydrogen-bond acceptors (Lipinski definition) is 6. The average molecular weight is 408 g/mol.